The topological polar surface area (TPSA) is 63.8 Å². The number of hydrogen-bond acceptors (Lipinski definition) is 4. The number of piperidine rings is 1. The average molecular weight is 218 g/mol. The summed E-state index contributed by atoms with van der Waals surface area (Å²) in [5.41, 5.74) is 8.24. The van der Waals surface area contributed by atoms with Crippen LogP contribution in [0.15, 0.2) is 6.20 Å². The van der Waals surface area contributed by atoms with Crippen LogP contribution in [0, 0.1) is 12.3 Å². The molecule has 2 aliphatic rings. The van der Waals surface area contributed by atoms with Crippen molar-refractivity contribution in [2.24, 2.45) is 5.41 Å². The number of nitrogens with one attached hydrogen (secondary N) is 1. The maximum absolute atomic E-state index is 5.70. The summed E-state index contributed by atoms with van der Waals surface area (Å²) >= 11 is 0. The summed E-state index contributed by atoms with van der Waals surface area (Å²) in [5.74, 6) is 1.19. The normalized spacial score (nSPS) is 26.9. The molecule has 2 heterocycles. The molecule has 1 unspecified atom stereocenters. The first-order valence-electron chi connectivity index (χ1n) is 6.01. The van der Waals surface area contributed by atoms with Gasteiger partial charge in [0, 0.05) is 5.92 Å². The highest BCUT2D eigenvalue weighted by Gasteiger charge is 2.55. The Morgan fingerprint density at radius 3 is 2.88 bits per heavy atom. The second-order valence-corrected chi connectivity index (χ2v) is 5.13. The Labute approximate surface area is 95.7 Å². The van der Waals surface area contributed by atoms with Crippen molar-refractivity contribution in [3.8, 4) is 0 Å². The Morgan fingerprint density at radius 1 is 1.44 bits per heavy atom. The van der Waals surface area contributed by atoms with Crippen LogP contribution in [0.1, 0.15) is 36.6 Å². The minimum Gasteiger partial charge on any atom is -0.382 e. The van der Waals surface area contributed by atoms with Crippen molar-refractivity contribution in [1.29, 1.82) is 0 Å². The van der Waals surface area contributed by atoms with Crippen molar-refractivity contribution < 1.29 is 0 Å². The van der Waals surface area contributed by atoms with Crippen molar-refractivity contribution in [2.45, 2.75) is 32.1 Å². The lowest BCUT2D eigenvalue weighted by molar-refractivity contribution is 0.341. The SMILES string of the molecule is Cc1nc(C2CC23CCNCC3)cnc1N. The molecule has 4 nitrogen and oxygen atoms in total. The zero-order valence-electron chi connectivity index (χ0n) is 9.66. The molecule has 3 N–H and O–H groups in total. The molecule has 2 fully saturated rings. The summed E-state index contributed by atoms with van der Waals surface area (Å²) in [5, 5.41) is 3.42. The van der Waals surface area contributed by atoms with Gasteiger partial charge in [0.2, 0.25) is 0 Å². The molecule has 0 radical (unpaired) electrons. The molecule has 86 valence electrons. The molecular formula is C12H18N4. The predicted octanol–water partition coefficient (Wildman–Crippen LogP) is 1.22. The van der Waals surface area contributed by atoms with Crippen molar-refractivity contribution in [3.05, 3.63) is 17.6 Å². The van der Waals surface area contributed by atoms with Gasteiger partial charge in [-0.2, -0.15) is 0 Å². The van der Waals surface area contributed by atoms with E-state index >= 15 is 0 Å². The summed E-state index contributed by atoms with van der Waals surface area (Å²) in [6, 6.07) is 0. The number of nitrogen functional groups attached to an aromatic ring is 1. The number of nitrogens with two attached hydrogens (primary N) is 1. The van der Waals surface area contributed by atoms with E-state index in [1.54, 1.807) is 0 Å². The zero-order chi connectivity index (χ0) is 11.2. The molecule has 1 aromatic heterocycles. The van der Waals surface area contributed by atoms with Gasteiger partial charge in [0.25, 0.3) is 0 Å². The average Bonchev–Trinajstić information content (AvgIpc) is 2.97. The summed E-state index contributed by atoms with van der Waals surface area (Å²) in [6.45, 7) is 4.24. The van der Waals surface area contributed by atoms with Crippen LogP contribution < -0.4 is 11.1 Å². The highest BCUT2D eigenvalue weighted by Crippen LogP contribution is 2.63. The molecule has 4 heteroatoms. The molecule has 1 atom stereocenters. The van der Waals surface area contributed by atoms with Gasteiger partial charge in [0.15, 0.2) is 0 Å². The third-order valence-electron chi connectivity index (χ3n) is 4.15. The number of hydrogen-bond donors (Lipinski definition) is 2. The summed E-state index contributed by atoms with van der Waals surface area (Å²) in [4.78, 5) is 8.79. The largest absolute Gasteiger partial charge is 0.382 e. The van der Waals surface area contributed by atoms with Crippen LogP contribution in [-0.4, -0.2) is 23.1 Å². The van der Waals surface area contributed by atoms with Crippen LogP contribution in [0.3, 0.4) is 0 Å². The van der Waals surface area contributed by atoms with Crippen LogP contribution in [0.2, 0.25) is 0 Å². The number of aromatic nitrogens is 2. The number of nitrogens with zero attached hydrogens (tertiary/aromatic N) is 2. The van der Waals surface area contributed by atoms with Gasteiger partial charge < -0.3 is 11.1 Å². The van der Waals surface area contributed by atoms with Crippen LogP contribution in [0.4, 0.5) is 5.82 Å². The minimum absolute atomic E-state index is 0.530. The third kappa shape index (κ3) is 1.48. The van der Waals surface area contributed by atoms with Gasteiger partial charge in [-0.1, -0.05) is 0 Å². The number of anilines is 1. The van der Waals surface area contributed by atoms with Gasteiger partial charge in [-0.05, 0) is 44.7 Å². The lowest BCUT2D eigenvalue weighted by Gasteiger charge is -2.23. The van der Waals surface area contributed by atoms with Crippen molar-refractivity contribution >= 4 is 5.82 Å². The molecule has 1 saturated carbocycles. The van der Waals surface area contributed by atoms with Crippen molar-refractivity contribution in [2.75, 3.05) is 18.8 Å². The number of aryl methyl sites for hydroxylation is 1. The van der Waals surface area contributed by atoms with E-state index < -0.39 is 0 Å². The Morgan fingerprint density at radius 2 is 2.19 bits per heavy atom. The Bertz CT molecular complexity index is 409. The van der Waals surface area contributed by atoms with Crippen LogP contribution in [-0.2, 0) is 0 Å². The monoisotopic (exact) mass is 218 g/mol. The fourth-order valence-corrected chi connectivity index (χ4v) is 2.92. The van der Waals surface area contributed by atoms with E-state index in [0.717, 1.165) is 24.5 Å². The standard InChI is InChI=1S/C12H18N4/c1-8-11(13)15-7-10(16-8)9-6-12(9)2-4-14-5-3-12/h7,9,14H,2-6H2,1H3,(H2,13,15). The molecule has 0 aromatic carbocycles. The van der Waals surface area contributed by atoms with E-state index in [-0.39, 0.29) is 0 Å². The molecule has 0 amide bonds. The van der Waals surface area contributed by atoms with Gasteiger partial charge in [0.05, 0.1) is 17.6 Å². The minimum atomic E-state index is 0.530. The number of rotatable bonds is 1. The summed E-state index contributed by atoms with van der Waals surface area (Å²) in [6.07, 6.45) is 5.71. The highest BCUT2D eigenvalue weighted by molar-refractivity contribution is 5.35. The lowest BCUT2D eigenvalue weighted by atomic mass is 9.91. The Hall–Kier alpha value is -1.16. The fraction of sp³-hybridized carbons (Fsp3) is 0.667. The molecule has 16 heavy (non-hydrogen) atoms. The predicted molar refractivity (Wildman–Crippen MR) is 63.1 cm³/mol. The van der Waals surface area contributed by atoms with Crippen molar-refractivity contribution in [1.82, 2.24) is 15.3 Å². The van der Waals surface area contributed by atoms with Gasteiger partial charge in [0.1, 0.15) is 5.82 Å². The molecule has 3 rings (SSSR count). The first-order valence-corrected chi connectivity index (χ1v) is 6.01. The molecule has 1 saturated heterocycles. The quantitative estimate of drug-likeness (QED) is 0.744. The second kappa shape index (κ2) is 3.42. The first kappa shape index (κ1) is 10.0. The van der Waals surface area contributed by atoms with E-state index in [4.69, 9.17) is 5.73 Å². The van der Waals surface area contributed by atoms with Crippen LogP contribution >= 0.6 is 0 Å². The molecule has 1 aromatic rings. The van der Waals surface area contributed by atoms with Crippen LogP contribution in [0.25, 0.3) is 0 Å². The van der Waals surface area contributed by atoms with Crippen LogP contribution in [0.5, 0.6) is 0 Å². The first-order chi connectivity index (χ1) is 7.71. The molecule has 0 bridgehead atoms. The van der Waals surface area contributed by atoms with Gasteiger partial charge in [-0.25, -0.2) is 4.98 Å². The van der Waals surface area contributed by atoms with E-state index in [2.05, 4.69) is 15.3 Å². The molecule has 1 spiro atoms. The van der Waals surface area contributed by atoms with Gasteiger partial charge in [-0.3, -0.25) is 4.98 Å². The van der Waals surface area contributed by atoms with E-state index in [1.165, 1.54) is 19.3 Å². The summed E-state index contributed by atoms with van der Waals surface area (Å²) in [7, 11) is 0. The fourth-order valence-electron chi connectivity index (χ4n) is 2.92. The molecular weight excluding hydrogens is 200 g/mol. The second-order valence-electron chi connectivity index (χ2n) is 5.13. The maximum Gasteiger partial charge on any atom is 0.144 e. The smallest absolute Gasteiger partial charge is 0.144 e. The Kier molecular flexibility index (Phi) is 2.14. The summed E-state index contributed by atoms with van der Waals surface area (Å²) < 4.78 is 0. The van der Waals surface area contributed by atoms with Crippen molar-refractivity contribution in [3.63, 3.8) is 0 Å². The molecule has 1 aliphatic heterocycles. The maximum atomic E-state index is 5.70. The highest BCUT2D eigenvalue weighted by atomic mass is 14.9. The van der Waals surface area contributed by atoms with E-state index in [1.807, 2.05) is 13.1 Å². The molecule has 1 aliphatic carbocycles. The van der Waals surface area contributed by atoms with Gasteiger partial charge in [-0.15, -0.1) is 0 Å². The van der Waals surface area contributed by atoms with Gasteiger partial charge >= 0.3 is 0 Å². The zero-order valence-corrected chi connectivity index (χ0v) is 9.66. The van der Waals surface area contributed by atoms with E-state index in [0.29, 0.717) is 17.2 Å². The third-order valence-corrected chi connectivity index (χ3v) is 4.15. The lowest BCUT2D eigenvalue weighted by Crippen LogP contribution is -2.29. The Balaban J connectivity index is 1.82. The van der Waals surface area contributed by atoms with E-state index in [9.17, 15) is 0 Å².